The van der Waals surface area contributed by atoms with Crippen LogP contribution in [0.15, 0.2) is 0 Å². The van der Waals surface area contributed by atoms with Gasteiger partial charge in [0.05, 0.1) is 10.5 Å². The van der Waals surface area contributed by atoms with Gasteiger partial charge in [-0.1, -0.05) is 0 Å². The molecule has 1 amide bonds. The lowest BCUT2D eigenvalue weighted by atomic mass is 10.3. The second-order valence-electron chi connectivity index (χ2n) is 3.64. The molecule has 0 saturated carbocycles. The van der Waals surface area contributed by atoms with Crippen LogP contribution in [-0.4, -0.2) is 48.7 Å². The van der Waals surface area contributed by atoms with Gasteiger partial charge in [0.2, 0.25) is 5.91 Å². The minimum absolute atomic E-state index is 0.0838. The van der Waals surface area contributed by atoms with E-state index in [9.17, 15) is 13.2 Å². The summed E-state index contributed by atoms with van der Waals surface area (Å²) in [5, 5.41) is -0.975. The van der Waals surface area contributed by atoms with Crippen molar-refractivity contribution >= 4 is 27.3 Å². The van der Waals surface area contributed by atoms with Crippen molar-refractivity contribution in [2.75, 3.05) is 19.0 Å². The summed E-state index contributed by atoms with van der Waals surface area (Å²) in [6.07, 6.45) is 0. The Balaban J connectivity index is 2.81. The fraction of sp³-hybridized carbons (Fsp3) is 0.875. The Morgan fingerprint density at radius 2 is 1.79 bits per heavy atom. The summed E-state index contributed by atoms with van der Waals surface area (Å²) < 4.78 is 23.2. The Labute approximate surface area is 89.1 Å². The smallest absolute Gasteiger partial charge is 0.237 e. The number of rotatable bonds is 1. The zero-order valence-corrected chi connectivity index (χ0v) is 9.81. The maximum absolute atomic E-state index is 11.6. The van der Waals surface area contributed by atoms with E-state index in [1.807, 2.05) is 0 Å². The molecule has 0 aromatic carbocycles. The van der Waals surface area contributed by atoms with Gasteiger partial charge in [0, 0.05) is 13.1 Å². The van der Waals surface area contributed by atoms with Gasteiger partial charge in [0.25, 0.3) is 0 Å². The van der Waals surface area contributed by atoms with Crippen LogP contribution in [0.4, 0.5) is 0 Å². The normalized spacial score (nSPS) is 31.5. The van der Waals surface area contributed by atoms with Crippen LogP contribution in [0.2, 0.25) is 0 Å². The van der Waals surface area contributed by atoms with Crippen molar-refractivity contribution in [3.05, 3.63) is 0 Å². The molecule has 4 nitrogen and oxygen atoms in total. The summed E-state index contributed by atoms with van der Waals surface area (Å²) in [5.41, 5.74) is 0. The molecule has 1 aliphatic heterocycles. The predicted octanol–water partition coefficient (Wildman–Crippen LogP) is 0.259. The highest BCUT2D eigenvalue weighted by Crippen LogP contribution is 2.18. The van der Waals surface area contributed by atoms with Gasteiger partial charge in [0.15, 0.2) is 9.84 Å². The van der Waals surface area contributed by atoms with Crippen LogP contribution in [0.3, 0.4) is 0 Å². The maximum Gasteiger partial charge on any atom is 0.237 e. The second kappa shape index (κ2) is 4.06. The minimum Gasteiger partial charge on any atom is -0.339 e. The van der Waals surface area contributed by atoms with Crippen LogP contribution in [0.1, 0.15) is 13.8 Å². The fourth-order valence-electron chi connectivity index (χ4n) is 1.59. The van der Waals surface area contributed by atoms with Gasteiger partial charge in [-0.05, 0) is 13.8 Å². The van der Waals surface area contributed by atoms with Crippen LogP contribution in [-0.2, 0) is 14.6 Å². The molecule has 82 valence electrons. The second-order valence-corrected chi connectivity index (χ2v) is 6.70. The van der Waals surface area contributed by atoms with Crippen molar-refractivity contribution in [2.24, 2.45) is 0 Å². The van der Waals surface area contributed by atoms with Gasteiger partial charge in [0.1, 0.15) is 5.88 Å². The summed E-state index contributed by atoms with van der Waals surface area (Å²) in [5.74, 6) is -0.278. The zero-order chi connectivity index (χ0) is 10.9. The van der Waals surface area contributed by atoms with Crippen LogP contribution >= 0.6 is 11.6 Å². The number of hydrogen-bond acceptors (Lipinski definition) is 3. The number of nitrogens with zero attached hydrogens (tertiary/aromatic N) is 1. The molecule has 2 atom stereocenters. The van der Waals surface area contributed by atoms with Crippen molar-refractivity contribution in [2.45, 2.75) is 24.3 Å². The van der Waals surface area contributed by atoms with Crippen molar-refractivity contribution in [3.63, 3.8) is 0 Å². The molecule has 0 spiro atoms. The van der Waals surface area contributed by atoms with E-state index < -0.39 is 20.3 Å². The molecule has 1 rings (SSSR count). The first-order valence-electron chi connectivity index (χ1n) is 4.46. The van der Waals surface area contributed by atoms with Gasteiger partial charge in [-0.25, -0.2) is 8.42 Å². The van der Waals surface area contributed by atoms with Crippen LogP contribution in [0.5, 0.6) is 0 Å². The van der Waals surface area contributed by atoms with Crippen molar-refractivity contribution in [1.29, 1.82) is 0 Å². The lowest BCUT2D eigenvalue weighted by molar-refractivity contribution is -0.128. The molecule has 1 fully saturated rings. The molecule has 1 heterocycles. The summed E-state index contributed by atoms with van der Waals surface area (Å²) in [6, 6.07) is 0. The van der Waals surface area contributed by atoms with Gasteiger partial charge in [-0.15, -0.1) is 11.6 Å². The Kier molecular flexibility index (Phi) is 3.42. The van der Waals surface area contributed by atoms with E-state index in [4.69, 9.17) is 11.6 Å². The van der Waals surface area contributed by atoms with Crippen molar-refractivity contribution in [1.82, 2.24) is 4.90 Å². The molecule has 0 aromatic rings. The van der Waals surface area contributed by atoms with Crippen LogP contribution < -0.4 is 0 Å². The molecule has 0 N–H and O–H groups in total. The Morgan fingerprint density at radius 1 is 1.36 bits per heavy atom. The number of amides is 1. The lowest BCUT2D eigenvalue weighted by Crippen LogP contribution is -2.52. The Hall–Kier alpha value is -0.290. The summed E-state index contributed by atoms with van der Waals surface area (Å²) >= 11 is 5.41. The van der Waals surface area contributed by atoms with E-state index in [1.165, 1.54) is 4.90 Å². The SMILES string of the molecule is CC1CN(C(=O)CCl)CC(C)S1(=O)=O. The molecule has 1 saturated heterocycles. The highest BCUT2D eigenvalue weighted by Gasteiger charge is 2.37. The van der Waals surface area contributed by atoms with Gasteiger partial charge >= 0.3 is 0 Å². The lowest BCUT2D eigenvalue weighted by Gasteiger charge is -2.34. The van der Waals surface area contributed by atoms with Gasteiger partial charge in [-0.3, -0.25) is 4.79 Å². The summed E-state index contributed by atoms with van der Waals surface area (Å²) in [6.45, 7) is 3.77. The topological polar surface area (TPSA) is 54.5 Å². The Morgan fingerprint density at radius 3 is 2.14 bits per heavy atom. The number of carbonyl (C=O) groups is 1. The maximum atomic E-state index is 11.6. The molecule has 6 heteroatoms. The van der Waals surface area contributed by atoms with Gasteiger partial charge < -0.3 is 4.90 Å². The van der Waals surface area contributed by atoms with E-state index in [0.717, 1.165) is 0 Å². The monoisotopic (exact) mass is 239 g/mol. The van der Waals surface area contributed by atoms with Crippen LogP contribution in [0, 0.1) is 0 Å². The van der Waals surface area contributed by atoms with E-state index in [0.29, 0.717) is 0 Å². The number of carbonyl (C=O) groups excluding carboxylic acids is 1. The first-order chi connectivity index (χ1) is 6.39. The number of sulfone groups is 1. The number of hydrogen-bond donors (Lipinski definition) is 0. The predicted molar refractivity (Wildman–Crippen MR) is 55.1 cm³/mol. The van der Waals surface area contributed by atoms with Crippen molar-refractivity contribution in [3.8, 4) is 0 Å². The third kappa shape index (κ3) is 2.03. The molecule has 2 unspecified atom stereocenters. The number of alkyl halides is 1. The number of halogens is 1. The van der Waals surface area contributed by atoms with E-state index in [1.54, 1.807) is 13.8 Å². The van der Waals surface area contributed by atoms with E-state index in [-0.39, 0.29) is 24.9 Å². The standard InChI is InChI=1S/C8H14ClNO3S/c1-6-4-10(8(11)3-9)5-7(2)14(6,12)13/h6-7H,3-5H2,1-2H3. The molecular formula is C8H14ClNO3S. The van der Waals surface area contributed by atoms with Crippen LogP contribution in [0.25, 0.3) is 0 Å². The van der Waals surface area contributed by atoms with E-state index in [2.05, 4.69) is 0 Å². The summed E-state index contributed by atoms with van der Waals surface area (Å²) in [4.78, 5) is 12.8. The molecule has 0 aromatic heterocycles. The quantitative estimate of drug-likeness (QED) is 0.617. The third-order valence-electron chi connectivity index (χ3n) is 2.54. The van der Waals surface area contributed by atoms with Gasteiger partial charge in [-0.2, -0.15) is 0 Å². The van der Waals surface area contributed by atoms with E-state index >= 15 is 0 Å². The fourth-order valence-corrected chi connectivity index (χ4v) is 3.33. The molecule has 1 aliphatic rings. The van der Waals surface area contributed by atoms with Crippen molar-refractivity contribution < 1.29 is 13.2 Å². The highest BCUT2D eigenvalue weighted by molar-refractivity contribution is 7.92. The molecule has 0 radical (unpaired) electrons. The average Bonchev–Trinajstić information content (AvgIpc) is 2.13. The molecule has 14 heavy (non-hydrogen) atoms. The molecular weight excluding hydrogens is 226 g/mol. The first-order valence-corrected chi connectivity index (χ1v) is 6.60. The molecule has 0 bridgehead atoms. The average molecular weight is 240 g/mol. The third-order valence-corrected chi connectivity index (χ3v) is 5.31. The summed E-state index contributed by atoms with van der Waals surface area (Å²) in [7, 11) is -3.05. The highest BCUT2D eigenvalue weighted by atomic mass is 35.5. The molecule has 0 aliphatic carbocycles. The largest absolute Gasteiger partial charge is 0.339 e. The Bertz CT molecular complexity index is 309. The zero-order valence-electron chi connectivity index (χ0n) is 8.23. The minimum atomic E-state index is -3.05. The first kappa shape index (κ1) is 11.8.